The second-order valence-electron chi connectivity index (χ2n) is 14.5. The monoisotopic (exact) mass is 872 g/mol. The van der Waals surface area contributed by atoms with Crippen molar-refractivity contribution in [1.29, 1.82) is 0 Å². The van der Waals surface area contributed by atoms with Crippen LogP contribution >= 0.6 is 0 Å². The summed E-state index contributed by atoms with van der Waals surface area (Å²) in [6.07, 6.45) is -1.42. The number of amides is 5. The average Bonchev–Trinajstić information content (AvgIpc) is 4.00. The molecule has 2 aromatic carbocycles. The molecule has 0 saturated carbocycles. The van der Waals surface area contributed by atoms with Gasteiger partial charge in [0.25, 0.3) is 17.7 Å². The molecule has 2 aliphatic heterocycles. The van der Waals surface area contributed by atoms with Gasteiger partial charge in [-0.25, -0.2) is 9.67 Å². The lowest BCUT2D eigenvalue weighted by Gasteiger charge is -2.27. The molecule has 0 bridgehead atoms. The first-order chi connectivity index (χ1) is 30.7. The summed E-state index contributed by atoms with van der Waals surface area (Å²) in [4.78, 5) is 97.6. The number of pyridine rings is 1. The van der Waals surface area contributed by atoms with Crippen molar-refractivity contribution in [2.45, 2.75) is 63.6 Å². The van der Waals surface area contributed by atoms with E-state index in [9.17, 15) is 46.7 Å². The largest absolute Gasteiger partial charge is 0.444 e. The molecular weight excluding hydrogens is 838 g/mol. The number of imide groups is 2. The van der Waals surface area contributed by atoms with Crippen LogP contribution in [-0.2, 0) is 22.4 Å². The smallest absolute Gasteiger partial charge is 0.389 e. The summed E-state index contributed by atoms with van der Waals surface area (Å²) in [5.74, 6) is 7.21. The lowest BCUT2D eigenvalue weighted by atomic mass is 10.0. The van der Waals surface area contributed by atoms with Gasteiger partial charge in [0.05, 0.1) is 16.8 Å². The molecule has 1 fully saturated rings. The highest BCUT2D eigenvalue weighted by Gasteiger charge is 2.45. The van der Waals surface area contributed by atoms with Gasteiger partial charge in [0.1, 0.15) is 18.0 Å². The minimum absolute atomic E-state index is 0.000575. The predicted octanol–water partition coefficient (Wildman–Crippen LogP) is 4.81. The average molecular weight is 873 g/mol. The lowest BCUT2D eigenvalue weighted by molar-refractivity contribution is -0.136. The SMILES string of the molecule is NC(=O)c1nn(-c2ccc(C(=O)CCC#CC#CCCNc3cccc4c3C(=O)N(C3CCC(=O)NC3=O)C4=O)cc2)cc1CC(=O)c1coc(-c2ccnc(CCC(F)(F)F)c2)n1. The fourth-order valence-corrected chi connectivity index (χ4v) is 6.95. The number of halogens is 3. The number of hydrogen-bond donors (Lipinski definition) is 3. The normalized spacial score (nSPS) is 14.5. The number of hydrogen-bond acceptors (Lipinski definition) is 12. The summed E-state index contributed by atoms with van der Waals surface area (Å²) in [6.45, 7) is 0.322. The number of carbonyl (C=O) groups is 7. The molecule has 0 aliphatic carbocycles. The van der Waals surface area contributed by atoms with Crippen LogP contribution in [0.25, 0.3) is 17.1 Å². The molecule has 5 heterocycles. The Labute approximate surface area is 361 Å². The van der Waals surface area contributed by atoms with E-state index in [1.165, 1.54) is 35.3 Å². The van der Waals surface area contributed by atoms with Crippen molar-refractivity contribution in [1.82, 2.24) is 30.0 Å². The molecular formula is C45H35F3N8O8. The van der Waals surface area contributed by atoms with Crippen LogP contribution in [0, 0.1) is 23.7 Å². The number of aryl methyl sites for hydroxylation is 1. The maximum Gasteiger partial charge on any atom is 0.389 e. The number of anilines is 1. The van der Waals surface area contributed by atoms with Gasteiger partial charge in [-0.05, 0) is 73.2 Å². The standard InChI is InChI=1S/C45H35F3N8O8/c46-45(47,48)19-17-29-22-27(18-21-50-29)42-52-33(25-64-42)36(58)23-28-24-55(54-39(28)40(49)60)30-13-11-26(12-14-30)35(57)10-5-3-1-2-4-6-20-51-32-9-7-8-31-38(32)44(63)56(43(31)62)34-15-16-37(59)53-41(34)61/h7-9,11-14,18,21-22,24-25,34,51H,5-6,10,15-17,19-20,23H2,(H2,49,60)(H,53,59,61). The Kier molecular flexibility index (Phi) is 12.9. The van der Waals surface area contributed by atoms with Crippen molar-refractivity contribution in [2.24, 2.45) is 5.73 Å². The number of rotatable bonds is 15. The first kappa shape index (κ1) is 43.9. The summed E-state index contributed by atoms with van der Waals surface area (Å²) in [6, 6.07) is 13.0. The van der Waals surface area contributed by atoms with Crippen LogP contribution in [0.2, 0.25) is 0 Å². The zero-order valence-corrected chi connectivity index (χ0v) is 33.6. The zero-order chi connectivity index (χ0) is 45.5. The van der Waals surface area contributed by atoms with Crippen molar-refractivity contribution < 1.29 is 51.2 Å². The molecule has 64 heavy (non-hydrogen) atoms. The molecule has 5 aromatic rings. The van der Waals surface area contributed by atoms with Crippen LogP contribution in [0.4, 0.5) is 18.9 Å². The van der Waals surface area contributed by atoms with Crippen LogP contribution in [0.15, 0.2) is 77.7 Å². The first-order valence-corrected chi connectivity index (χ1v) is 19.7. The number of piperidine rings is 1. The van der Waals surface area contributed by atoms with E-state index in [0.29, 0.717) is 35.5 Å². The fourth-order valence-electron chi connectivity index (χ4n) is 6.95. The maximum absolute atomic E-state index is 13.2. The molecule has 0 radical (unpaired) electrons. The molecule has 19 heteroatoms. The van der Waals surface area contributed by atoms with Crippen LogP contribution in [0.5, 0.6) is 0 Å². The van der Waals surface area contributed by atoms with Gasteiger partial charge in [0, 0.05) is 85.5 Å². The van der Waals surface area contributed by atoms with Crippen LogP contribution in [0.3, 0.4) is 0 Å². The van der Waals surface area contributed by atoms with Gasteiger partial charge < -0.3 is 15.5 Å². The molecule has 1 saturated heterocycles. The number of carbonyl (C=O) groups excluding carboxylic acids is 7. The van der Waals surface area contributed by atoms with Crippen molar-refractivity contribution in [3.05, 3.63) is 113 Å². The number of fused-ring (bicyclic) bond motifs is 1. The van der Waals surface area contributed by atoms with E-state index in [1.54, 1.807) is 36.4 Å². The second-order valence-corrected chi connectivity index (χ2v) is 14.5. The molecule has 16 nitrogen and oxygen atoms in total. The molecule has 4 N–H and O–H groups in total. The Balaban J connectivity index is 0.884. The van der Waals surface area contributed by atoms with Crippen LogP contribution in [-0.4, -0.2) is 84.5 Å². The molecule has 0 spiro atoms. The van der Waals surface area contributed by atoms with Gasteiger partial charge in [-0.3, -0.25) is 48.8 Å². The van der Waals surface area contributed by atoms with E-state index in [0.717, 1.165) is 11.2 Å². The van der Waals surface area contributed by atoms with E-state index in [4.69, 9.17) is 10.2 Å². The number of oxazole rings is 1. The fraction of sp³-hybridized carbons (Fsp3) is 0.244. The van der Waals surface area contributed by atoms with Gasteiger partial charge >= 0.3 is 6.18 Å². The summed E-state index contributed by atoms with van der Waals surface area (Å²) in [7, 11) is 0. The van der Waals surface area contributed by atoms with E-state index >= 15 is 0 Å². The summed E-state index contributed by atoms with van der Waals surface area (Å²) in [5, 5.41) is 9.52. The number of alkyl halides is 3. The minimum Gasteiger partial charge on any atom is -0.444 e. The molecule has 1 atom stereocenters. The van der Waals surface area contributed by atoms with Crippen molar-refractivity contribution >= 4 is 46.8 Å². The zero-order valence-electron chi connectivity index (χ0n) is 33.6. The van der Waals surface area contributed by atoms with E-state index in [1.807, 2.05) is 0 Å². The summed E-state index contributed by atoms with van der Waals surface area (Å²) >= 11 is 0. The third-order valence-corrected chi connectivity index (χ3v) is 10.1. The Hall–Kier alpha value is -8.19. The quantitative estimate of drug-likeness (QED) is 0.0557. The van der Waals surface area contributed by atoms with Crippen molar-refractivity contribution in [2.75, 3.05) is 11.9 Å². The minimum atomic E-state index is -4.35. The van der Waals surface area contributed by atoms with Gasteiger partial charge in [-0.2, -0.15) is 18.3 Å². The predicted molar refractivity (Wildman–Crippen MR) is 220 cm³/mol. The second kappa shape index (κ2) is 18.8. The molecule has 324 valence electrons. The Morgan fingerprint density at radius 3 is 2.47 bits per heavy atom. The van der Waals surface area contributed by atoms with Crippen molar-refractivity contribution in [3.8, 4) is 40.8 Å². The van der Waals surface area contributed by atoms with Crippen LogP contribution in [0.1, 0.15) is 102 Å². The third kappa shape index (κ3) is 10.1. The lowest BCUT2D eigenvalue weighted by Crippen LogP contribution is -2.54. The van der Waals surface area contributed by atoms with Gasteiger partial charge in [-0.15, -0.1) is 0 Å². The highest BCUT2D eigenvalue weighted by Crippen LogP contribution is 2.32. The number of Topliss-reactive ketones (excluding diaryl/α,β-unsaturated/α-hetero) is 2. The number of ketones is 2. The van der Waals surface area contributed by atoms with Gasteiger partial charge in [0.2, 0.25) is 17.7 Å². The Morgan fingerprint density at radius 2 is 1.73 bits per heavy atom. The van der Waals surface area contributed by atoms with Gasteiger partial charge in [0.15, 0.2) is 17.3 Å². The summed E-state index contributed by atoms with van der Waals surface area (Å²) < 4.78 is 44.8. The third-order valence-electron chi connectivity index (χ3n) is 10.1. The molecule has 7 rings (SSSR count). The summed E-state index contributed by atoms with van der Waals surface area (Å²) in [5.41, 5.74) is 7.61. The number of nitrogens with one attached hydrogen (secondary N) is 2. The molecule has 2 aliphatic rings. The Morgan fingerprint density at radius 1 is 0.969 bits per heavy atom. The number of aromatic nitrogens is 4. The Bertz CT molecular complexity index is 2840. The molecule has 1 unspecified atom stereocenters. The molecule has 3 aromatic heterocycles. The van der Waals surface area contributed by atoms with E-state index in [2.05, 4.69) is 49.4 Å². The van der Waals surface area contributed by atoms with Crippen LogP contribution < -0.4 is 16.4 Å². The maximum atomic E-state index is 13.2. The number of nitrogens with zero attached hydrogens (tertiary/aromatic N) is 5. The topological polar surface area (TPSA) is 230 Å². The van der Waals surface area contributed by atoms with E-state index in [-0.39, 0.29) is 84.0 Å². The number of nitrogens with two attached hydrogens (primary N) is 1. The number of benzene rings is 2. The number of primary amides is 1. The molecule has 5 amide bonds. The van der Waals surface area contributed by atoms with Gasteiger partial charge in [-0.1, -0.05) is 17.9 Å². The first-order valence-electron chi connectivity index (χ1n) is 19.7. The van der Waals surface area contributed by atoms with Crippen molar-refractivity contribution in [3.63, 3.8) is 0 Å². The highest BCUT2D eigenvalue weighted by molar-refractivity contribution is 6.25. The van der Waals surface area contributed by atoms with E-state index < -0.39 is 54.0 Å². The highest BCUT2D eigenvalue weighted by atomic mass is 19.4.